The van der Waals surface area contributed by atoms with Gasteiger partial charge in [-0.25, -0.2) is 4.79 Å². The van der Waals surface area contributed by atoms with Crippen LogP contribution in [0.3, 0.4) is 0 Å². The highest BCUT2D eigenvalue weighted by atomic mass is 16.5. The number of carbonyl (C=O) groups excluding carboxylic acids is 1. The van der Waals surface area contributed by atoms with E-state index in [-0.39, 0.29) is 5.82 Å². The van der Waals surface area contributed by atoms with Gasteiger partial charge in [-0.3, -0.25) is 0 Å². The Kier molecular flexibility index (Phi) is 2.51. The Balaban J connectivity index is 1.89. The van der Waals surface area contributed by atoms with Crippen LogP contribution in [0.5, 0.6) is 11.5 Å². The number of rotatable bonds is 2. The Hall–Kier alpha value is -1.69. The smallest absolute Gasteiger partial charge is 0.526 e. The van der Waals surface area contributed by atoms with Crippen molar-refractivity contribution in [2.24, 2.45) is 0 Å². The van der Waals surface area contributed by atoms with Crippen LogP contribution in [-0.4, -0.2) is 31.3 Å². The third-order valence-electron chi connectivity index (χ3n) is 4.28. The van der Waals surface area contributed by atoms with E-state index in [0.29, 0.717) is 36.2 Å². The molecule has 2 aliphatic heterocycles. The minimum atomic E-state index is -0.833. The molecule has 0 amide bonds. The highest BCUT2D eigenvalue weighted by Crippen LogP contribution is 2.61. The van der Waals surface area contributed by atoms with Gasteiger partial charge >= 0.3 is 13.1 Å². The minimum absolute atomic E-state index is 0.165. The van der Waals surface area contributed by atoms with E-state index in [1.165, 1.54) is 0 Å². The average Bonchev–Trinajstić information content (AvgIpc) is 3.10. The van der Waals surface area contributed by atoms with E-state index in [0.717, 1.165) is 24.0 Å². The van der Waals surface area contributed by atoms with Crippen molar-refractivity contribution in [1.29, 1.82) is 0 Å². The second-order valence-electron chi connectivity index (χ2n) is 5.49. The van der Waals surface area contributed by atoms with E-state index in [2.05, 4.69) is 6.07 Å². The molecule has 6 heteroatoms. The third kappa shape index (κ3) is 1.57. The van der Waals surface area contributed by atoms with Crippen LogP contribution >= 0.6 is 0 Å². The molecule has 0 bridgehead atoms. The second kappa shape index (κ2) is 4.15. The Morgan fingerprint density at radius 3 is 3.20 bits per heavy atom. The zero-order chi connectivity index (χ0) is 13.9. The molecular weight excluding hydrogens is 259 g/mol. The van der Waals surface area contributed by atoms with Gasteiger partial charge in [0, 0.05) is 12.2 Å². The van der Waals surface area contributed by atoms with Gasteiger partial charge in [0.15, 0.2) is 0 Å². The molecule has 1 aromatic carbocycles. The van der Waals surface area contributed by atoms with Crippen molar-refractivity contribution < 1.29 is 23.9 Å². The summed E-state index contributed by atoms with van der Waals surface area (Å²) in [5.74, 6) is 1.04. The van der Waals surface area contributed by atoms with Crippen LogP contribution in [0.1, 0.15) is 40.7 Å². The molecule has 1 saturated carbocycles. The summed E-state index contributed by atoms with van der Waals surface area (Å²) in [4.78, 5) is 12.2. The number of ether oxygens (including phenoxy) is 2. The maximum atomic E-state index is 12.2. The third-order valence-corrected chi connectivity index (χ3v) is 4.28. The summed E-state index contributed by atoms with van der Waals surface area (Å²) in [7, 11) is -0.833. The molecule has 20 heavy (non-hydrogen) atoms. The van der Waals surface area contributed by atoms with Crippen LogP contribution in [0, 0.1) is 0 Å². The Morgan fingerprint density at radius 2 is 2.40 bits per heavy atom. The van der Waals surface area contributed by atoms with Crippen molar-refractivity contribution in [3.05, 3.63) is 22.8 Å². The van der Waals surface area contributed by atoms with Gasteiger partial charge in [0.05, 0.1) is 13.2 Å². The minimum Gasteiger partial charge on any atom is -0.535 e. The zero-order valence-electron chi connectivity index (χ0n) is 11.2. The normalized spacial score (nSPS) is 25.0. The standard InChI is InChI=1S/C14H15BO5/c1-2-18-14(16)11-12-7(3-4-19-12)5-9-8-6-10(8)15(17)20-13(9)11/h5,8,10,17H,2-4,6H2,1H3/t8-,10-/m1/s1. The zero-order valence-corrected chi connectivity index (χ0v) is 11.2. The molecule has 1 N–H and O–H groups in total. The summed E-state index contributed by atoms with van der Waals surface area (Å²) in [5, 5.41) is 9.94. The number of hydrogen-bond acceptors (Lipinski definition) is 5. The molecule has 0 radical (unpaired) electrons. The van der Waals surface area contributed by atoms with Gasteiger partial charge in [0.25, 0.3) is 0 Å². The molecule has 4 rings (SSSR count). The fourth-order valence-electron chi connectivity index (χ4n) is 3.23. The fraction of sp³-hybridized carbons (Fsp3) is 0.500. The van der Waals surface area contributed by atoms with E-state index >= 15 is 0 Å². The first-order chi connectivity index (χ1) is 9.70. The van der Waals surface area contributed by atoms with E-state index in [1.54, 1.807) is 6.92 Å². The highest BCUT2D eigenvalue weighted by molar-refractivity contribution is 6.48. The second-order valence-corrected chi connectivity index (χ2v) is 5.49. The molecule has 0 unspecified atom stereocenters. The first-order valence-electron chi connectivity index (χ1n) is 7.05. The van der Waals surface area contributed by atoms with Crippen LogP contribution in [0.15, 0.2) is 6.07 Å². The number of fused-ring (bicyclic) bond motifs is 4. The average molecular weight is 274 g/mol. The van der Waals surface area contributed by atoms with E-state index in [9.17, 15) is 9.82 Å². The lowest BCUT2D eigenvalue weighted by Crippen LogP contribution is -2.28. The van der Waals surface area contributed by atoms with E-state index in [4.69, 9.17) is 14.1 Å². The molecular formula is C14H15BO5. The monoisotopic (exact) mass is 274 g/mol. The molecule has 0 spiro atoms. The Bertz CT molecular complexity index is 600. The predicted molar refractivity (Wildman–Crippen MR) is 71.3 cm³/mol. The number of carbonyl (C=O) groups is 1. The molecule has 2 heterocycles. The summed E-state index contributed by atoms with van der Waals surface area (Å²) >= 11 is 0. The Labute approximate surface area is 117 Å². The van der Waals surface area contributed by atoms with Gasteiger partial charge < -0.3 is 19.2 Å². The highest BCUT2D eigenvalue weighted by Gasteiger charge is 2.55. The van der Waals surface area contributed by atoms with Crippen LogP contribution in [-0.2, 0) is 11.2 Å². The summed E-state index contributed by atoms with van der Waals surface area (Å²) < 4.78 is 16.3. The molecule has 0 saturated heterocycles. The quantitative estimate of drug-likeness (QED) is 0.654. The summed E-state index contributed by atoms with van der Waals surface area (Å²) in [5.41, 5.74) is 2.41. The largest absolute Gasteiger partial charge is 0.535 e. The van der Waals surface area contributed by atoms with Crippen LogP contribution in [0.2, 0.25) is 5.82 Å². The lowest BCUT2D eigenvalue weighted by molar-refractivity contribution is 0.0520. The molecule has 3 aliphatic rings. The summed E-state index contributed by atoms with van der Waals surface area (Å²) in [6.45, 7) is 2.63. The molecule has 104 valence electrons. The maximum absolute atomic E-state index is 12.2. The van der Waals surface area contributed by atoms with Crippen molar-refractivity contribution in [3.8, 4) is 11.5 Å². The van der Waals surface area contributed by atoms with Gasteiger partial charge in [-0.05, 0) is 36.5 Å². The first kappa shape index (κ1) is 12.1. The topological polar surface area (TPSA) is 65.0 Å². The Morgan fingerprint density at radius 1 is 1.55 bits per heavy atom. The lowest BCUT2D eigenvalue weighted by atomic mass is 9.76. The van der Waals surface area contributed by atoms with Gasteiger partial charge in [0.2, 0.25) is 0 Å². The lowest BCUT2D eigenvalue weighted by Gasteiger charge is -2.23. The summed E-state index contributed by atoms with van der Waals surface area (Å²) in [6.07, 6.45) is 1.71. The van der Waals surface area contributed by atoms with Crippen molar-refractivity contribution in [2.45, 2.75) is 31.5 Å². The van der Waals surface area contributed by atoms with Gasteiger partial charge in [-0.1, -0.05) is 0 Å². The van der Waals surface area contributed by atoms with Crippen LogP contribution in [0.25, 0.3) is 0 Å². The molecule has 1 fully saturated rings. The predicted octanol–water partition coefficient (Wildman–Crippen LogP) is 1.53. The van der Waals surface area contributed by atoms with Gasteiger partial charge in [-0.2, -0.15) is 0 Å². The molecule has 0 aromatic heterocycles. The fourth-order valence-corrected chi connectivity index (χ4v) is 3.23. The van der Waals surface area contributed by atoms with E-state index < -0.39 is 13.1 Å². The van der Waals surface area contributed by atoms with Crippen molar-refractivity contribution >= 4 is 13.1 Å². The summed E-state index contributed by atoms with van der Waals surface area (Å²) in [6, 6.07) is 2.07. The molecule has 1 aliphatic carbocycles. The molecule has 5 nitrogen and oxygen atoms in total. The first-order valence-corrected chi connectivity index (χ1v) is 7.05. The SMILES string of the molecule is CCOC(=O)c1c2c(cc3c1OB(O)[C@@H]1C[C@H]31)CCO2. The van der Waals surface area contributed by atoms with Gasteiger partial charge in [0.1, 0.15) is 17.1 Å². The number of benzene rings is 1. The van der Waals surface area contributed by atoms with Crippen molar-refractivity contribution in [3.63, 3.8) is 0 Å². The van der Waals surface area contributed by atoms with Gasteiger partial charge in [-0.15, -0.1) is 0 Å². The molecule has 1 aromatic rings. The van der Waals surface area contributed by atoms with Crippen molar-refractivity contribution in [1.82, 2.24) is 0 Å². The van der Waals surface area contributed by atoms with Crippen LogP contribution in [0.4, 0.5) is 0 Å². The molecule has 2 atom stereocenters. The van der Waals surface area contributed by atoms with Crippen LogP contribution < -0.4 is 9.39 Å². The van der Waals surface area contributed by atoms with Crippen molar-refractivity contribution in [2.75, 3.05) is 13.2 Å². The number of esters is 1. The van der Waals surface area contributed by atoms with E-state index in [1.807, 2.05) is 0 Å². The maximum Gasteiger partial charge on any atom is 0.526 e. The number of hydrogen-bond donors (Lipinski definition) is 1.